The van der Waals surface area contributed by atoms with Crippen LogP contribution in [0.4, 0.5) is 0 Å². The van der Waals surface area contributed by atoms with Gasteiger partial charge in [0.05, 0.1) is 6.16 Å². The van der Waals surface area contributed by atoms with Crippen LogP contribution in [0.3, 0.4) is 0 Å². The van der Waals surface area contributed by atoms with Crippen LogP contribution in [0, 0.1) is 5.41 Å². The molecule has 0 amide bonds. The first-order valence-corrected chi connectivity index (χ1v) is 8.07. The molecule has 7 nitrogen and oxygen atoms in total. The van der Waals surface area contributed by atoms with E-state index in [1.807, 2.05) is 0 Å². The average molecular weight is 314 g/mol. The Bertz CT molecular complexity index is 594. The average Bonchev–Trinajstić information content (AvgIpc) is 3.15. The Morgan fingerprint density at radius 1 is 1.29 bits per heavy atom. The molecule has 114 valence electrons. The van der Waals surface area contributed by atoms with Crippen molar-refractivity contribution in [2.75, 3.05) is 12.8 Å². The summed E-state index contributed by atoms with van der Waals surface area (Å²) in [5.41, 5.74) is -0.914. The Morgan fingerprint density at radius 2 is 1.90 bits per heavy atom. The first-order chi connectivity index (χ1) is 9.77. The van der Waals surface area contributed by atoms with E-state index >= 15 is 0 Å². The molecule has 21 heavy (non-hydrogen) atoms. The van der Waals surface area contributed by atoms with Crippen molar-refractivity contribution in [3.8, 4) is 0 Å². The van der Waals surface area contributed by atoms with Crippen LogP contribution in [0.25, 0.3) is 0 Å². The smallest absolute Gasteiger partial charge is 0.328 e. The number of aliphatic carboxylic acids is 1. The fourth-order valence-electron chi connectivity index (χ4n) is 2.29. The summed E-state index contributed by atoms with van der Waals surface area (Å²) >= 11 is 0. The van der Waals surface area contributed by atoms with Crippen LogP contribution < -0.4 is 0 Å². The van der Waals surface area contributed by atoms with Gasteiger partial charge in [-0.25, -0.2) is 0 Å². The zero-order valence-corrected chi connectivity index (χ0v) is 11.9. The van der Waals surface area contributed by atoms with E-state index in [1.54, 1.807) is 30.3 Å². The quantitative estimate of drug-likeness (QED) is 0.406. The summed E-state index contributed by atoms with van der Waals surface area (Å²) in [6.07, 6.45) is -0.495. The molecular weight excluding hydrogens is 299 g/mol. The third kappa shape index (κ3) is 3.32. The first-order valence-electron chi connectivity index (χ1n) is 6.27. The molecule has 1 aliphatic carbocycles. The predicted molar refractivity (Wildman–Crippen MR) is 71.7 cm³/mol. The maximum atomic E-state index is 12.0. The molecule has 0 heterocycles. The number of benzene rings is 1. The van der Waals surface area contributed by atoms with Gasteiger partial charge in [0.15, 0.2) is 5.41 Å². The van der Waals surface area contributed by atoms with E-state index in [2.05, 4.69) is 0 Å². The van der Waals surface area contributed by atoms with Crippen LogP contribution in [0.5, 0.6) is 0 Å². The fraction of sp³-hybridized carbons (Fsp3) is 0.385. The van der Waals surface area contributed by atoms with Crippen LogP contribution in [-0.4, -0.2) is 39.6 Å². The van der Waals surface area contributed by atoms with Crippen molar-refractivity contribution in [2.45, 2.75) is 12.3 Å². The lowest BCUT2D eigenvalue weighted by molar-refractivity contribution is -0.161. The zero-order chi connectivity index (χ0) is 15.7. The van der Waals surface area contributed by atoms with E-state index in [9.17, 15) is 19.3 Å². The van der Waals surface area contributed by atoms with Gasteiger partial charge in [0, 0.05) is 5.92 Å². The van der Waals surface area contributed by atoms with E-state index in [4.69, 9.17) is 14.5 Å². The molecule has 0 radical (unpaired) electrons. The number of hydrogen-bond donors (Lipinski definition) is 3. The number of ether oxygens (including phenoxy) is 1. The minimum Gasteiger partial charge on any atom is -0.480 e. The summed E-state index contributed by atoms with van der Waals surface area (Å²) in [7, 11) is -4.28. The van der Waals surface area contributed by atoms with Crippen molar-refractivity contribution in [1.29, 1.82) is 0 Å². The Morgan fingerprint density at radius 3 is 2.43 bits per heavy atom. The molecular formula is C13H15O7P. The Hall–Kier alpha value is -1.69. The largest absolute Gasteiger partial charge is 0.480 e. The van der Waals surface area contributed by atoms with Crippen molar-refractivity contribution in [1.82, 2.24) is 0 Å². The molecule has 2 rings (SSSR count). The molecule has 1 fully saturated rings. The Labute approximate surface area is 120 Å². The lowest BCUT2D eigenvalue weighted by atomic mass is 9.99. The molecule has 8 heteroatoms. The molecule has 0 aromatic heterocycles. The predicted octanol–water partition coefficient (Wildman–Crippen LogP) is 0.966. The second-order valence-electron chi connectivity index (χ2n) is 4.97. The highest BCUT2D eigenvalue weighted by Crippen LogP contribution is 2.60. The van der Waals surface area contributed by atoms with Crippen LogP contribution in [0.1, 0.15) is 17.9 Å². The van der Waals surface area contributed by atoms with Gasteiger partial charge in [-0.05, 0) is 12.0 Å². The molecule has 3 N–H and O–H groups in total. The molecule has 1 aromatic carbocycles. The van der Waals surface area contributed by atoms with Crippen molar-refractivity contribution >= 4 is 19.5 Å². The van der Waals surface area contributed by atoms with Gasteiger partial charge < -0.3 is 19.6 Å². The third-order valence-corrected chi connectivity index (χ3v) is 4.29. The van der Waals surface area contributed by atoms with Crippen molar-refractivity contribution in [2.24, 2.45) is 5.41 Å². The standard InChI is InChI=1S/C13H15O7P/c14-11(15)13(12(16)20-6-7-21(17,18)19)8-10(13)9-4-2-1-3-5-9/h1-5,10H,6-8H2,(H,14,15)(H2,17,18,19). The Balaban J connectivity index is 2.06. The van der Waals surface area contributed by atoms with Gasteiger partial charge in [0.2, 0.25) is 0 Å². The number of carboxylic acids is 1. The van der Waals surface area contributed by atoms with E-state index in [-0.39, 0.29) is 6.42 Å². The molecule has 1 saturated carbocycles. The second-order valence-corrected chi connectivity index (χ2v) is 6.74. The van der Waals surface area contributed by atoms with E-state index in [1.165, 1.54) is 0 Å². The third-order valence-electron chi connectivity index (χ3n) is 3.52. The number of carboxylic acid groups (broad SMARTS) is 1. The molecule has 0 saturated heterocycles. The SMILES string of the molecule is O=C(O)C1(C(=O)OCCP(=O)(O)O)CC1c1ccccc1. The summed E-state index contributed by atoms with van der Waals surface area (Å²) in [4.78, 5) is 40.8. The number of esters is 1. The molecule has 0 aliphatic heterocycles. The number of carbonyl (C=O) groups excluding carboxylic acids is 1. The zero-order valence-electron chi connectivity index (χ0n) is 11.0. The normalized spacial score (nSPS) is 24.4. The number of rotatable bonds is 6. The van der Waals surface area contributed by atoms with Gasteiger partial charge in [-0.3, -0.25) is 14.2 Å². The van der Waals surface area contributed by atoms with Crippen LogP contribution in [0.15, 0.2) is 30.3 Å². The van der Waals surface area contributed by atoms with Gasteiger partial charge in [-0.1, -0.05) is 30.3 Å². The van der Waals surface area contributed by atoms with Crippen molar-refractivity contribution < 1.29 is 33.8 Å². The highest BCUT2D eigenvalue weighted by atomic mass is 31.2. The lowest BCUT2D eigenvalue weighted by Crippen LogP contribution is -2.30. The maximum Gasteiger partial charge on any atom is 0.328 e. The van der Waals surface area contributed by atoms with Gasteiger partial charge in [-0.15, -0.1) is 0 Å². The van der Waals surface area contributed by atoms with Gasteiger partial charge in [-0.2, -0.15) is 0 Å². The minimum absolute atomic E-state index is 0.126. The minimum atomic E-state index is -4.28. The van der Waals surface area contributed by atoms with Crippen LogP contribution in [0.2, 0.25) is 0 Å². The summed E-state index contributed by atoms with van der Waals surface area (Å²) in [5.74, 6) is -2.70. The van der Waals surface area contributed by atoms with Crippen LogP contribution in [-0.2, 0) is 18.9 Å². The van der Waals surface area contributed by atoms with Crippen molar-refractivity contribution in [3.63, 3.8) is 0 Å². The lowest BCUT2D eigenvalue weighted by Gasteiger charge is -2.12. The summed E-state index contributed by atoms with van der Waals surface area (Å²) in [6.45, 7) is -0.500. The molecule has 1 aromatic rings. The van der Waals surface area contributed by atoms with Gasteiger partial charge >= 0.3 is 19.5 Å². The monoisotopic (exact) mass is 314 g/mol. The summed E-state index contributed by atoms with van der Waals surface area (Å²) < 4.78 is 15.4. The fourth-order valence-corrected chi connectivity index (χ4v) is 2.62. The number of carbonyl (C=O) groups is 2. The molecule has 0 spiro atoms. The van der Waals surface area contributed by atoms with E-state index < -0.39 is 43.6 Å². The molecule has 2 unspecified atom stereocenters. The molecule has 1 aliphatic rings. The highest BCUT2D eigenvalue weighted by Gasteiger charge is 2.68. The maximum absolute atomic E-state index is 12.0. The van der Waals surface area contributed by atoms with E-state index in [0.29, 0.717) is 0 Å². The highest BCUT2D eigenvalue weighted by molar-refractivity contribution is 7.51. The summed E-state index contributed by atoms with van der Waals surface area (Å²) in [6, 6.07) is 8.75. The van der Waals surface area contributed by atoms with Gasteiger partial charge in [0.1, 0.15) is 6.61 Å². The first kappa shape index (κ1) is 15.7. The Kier molecular flexibility index (Phi) is 4.18. The molecule has 0 bridgehead atoms. The van der Waals surface area contributed by atoms with Gasteiger partial charge in [0.25, 0.3) is 0 Å². The second kappa shape index (κ2) is 5.60. The van der Waals surface area contributed by atoms with Crippen LogP contribution >= 0.6 is 7.60 Å². The number of hydrogen-bond acceptors (Lipinski definition) is 4. The van der Waals surface area contributed by atoms with Crippen molar-refractivity contribution in [3.05, 3.63) is 35.9 Å². The topological polar surface area (TPSA) is 121 Å². The molecule has 2 atom stereocenters. The summed E-state index contributed by atoms with van der Waals surface area (Å²) in [5, 5.41) is 9.31. The van der Waals surface area contributed by atoms with E-state index in [0.717, 1.165) is 5.56 Å².